The number of para-hydroxylation sites is 1. The number of aromatic nitrogens is 1. The van der Waals surface area contributed by atoms with E-state index in [-0.39, 0.29) is 12.0 Å². The van der Waals surface area contributed by atoms with E-state index in [1.807, 2.05) is 50.3 Å². The van der Waals surface area contributed by atoms with Gasteiger partial charge in [-0.15, -0.1) is 0 Å². The van der Waals surface area contributed by atoms with Crippen molar-refractivity contribution in [3.8, 4) is 5.75 Å². The van der Waals surface area contributed by atoms with Gasteiger partial charge in [-0.25, -0.2) is 0 Å². The minimum absolute atomic E-state index is 0.119. The quantitative estimate of drug-likeness (QED) is 0.160. The molecular weight excluding hydrogens is 713 g/mol. The first-order chi connectivity index (χ1) is 26.8. The van der Waals surface area contributed by atoms with Gasteiger partial charge >= 0.3 is 5.97 Å². The summed E-state index contributed by atoms with van der Waals surface area (Å²) in [7, 11) is 2.95. The molecule has 9 rings (SSSR count). The Morgan fingerprint density at radius 1 is 1.04 bits per heavy atom. The lowest BCUT2D eigenvalue weighted by Gasteiger charge is -2.63. The lowest BCUT2D eigenvalue weighted by molar-refractivity contribution is -0.200. The van der Waals surface area contributed by atoms with Crippen molar-refractivity contribution >= 4 is 34.8 Å². The van der Waals surface area contributed by atoms with Crippen molar-refractivity contribution in [2.24, 2.45) is 11.3 Å². The number of Topliss-reactive ketones (excluding diaryl/α,β-unsaturated/α-hetero) is 1. The number of piperidine rings is 1. The number of aliphatic hydroxyl groups is 3. The summed E-state index contributed by atoms with van der Waals surface area (Å²) >= 11 is 0. The van der Waals surface area contributed by atoms with Crippen LogP contribution in [-0.4, -0.2) is 125 Å². The third kappa shape index (κ3) is 4.56. The second-order valence-electron chi connectivity index (χ2n) is 17.6. The van der Waals surface area contributed by atoms with Gasteiger partial charge < -0.3 is 34.7 Å². The van der Waals surface area contributed by atoms with Crippen molar-refractivity contribution in [1.29, 1.82) is 0 Å². The number of benzene rings is 2. The molecule has 1 aliphatic carbocycles. The number of nitrogens with zero attached hydrogens (tertiary/aromatic N) is 3. The molecule has 1 spiro atoms. The number of ketones is 1. The molecule has 5 aliphatic heterocycles. The number of hydrogen-bond acceptors (Lipinski definition) is 10. The van der Waals surface area contributed by atoms with Crippen molar-refractivity contribution in [2.75, 3.05) is 51.8 Å². The summed E-state index contributed by atoms with van der Waals surface area (Å²) in [5.41, 5.74) is -2.37. The van der Waals surface area contributed by atoms with E-state index in [0.717, 1.165) is 22.0 Å². The van der Waals surface area contributed by atoms with Gasteiger partial charge in [-0.3, -0.25) is 24.2 Å². The second-order valence-corrected chi connectivity index (χ2v) is 17.6. The summed E-state index contributed by atoms with van der Waals surface area (Å²) in [6.45, 7) is 8.44. The van der Waals surface area contributed by atoms with Crippen LogP contribution < -0.4 is 9.64 Å². The van der Waals surface area contributed by atoms with Crippen molar-refractivity contribution in [3.05, 3.63) is 70.9 Å². The lowest BCUT2D eigenvalue weighted by atomic mass is 9.47. The monoisotopic (exact) mass is 766 g/mol. The number of hydrogen-bond donors (Lipinski definition) is 4. The Bertz CT molecular complexity index is 2170. The van der Waals surface area contributed by atoms with Crippen LogP contribution in [-0.2, 0) is 36.4 Å². The Balaban J connectivity index is 1.38. The van der Waals surface area contributed by atoms with Gasteiger partial charge in [-0.2, -0.15) is 0 Å². The molecule has 12 nitrogen and oxygen atoms in total. The SMILES string of the molecule is CC[C@]1(O)C[C@@H]2CN(CCc3c([nH]c4ccccc34)[C@@](C(=O)OC)(c3cc4c(cc3OC)N(C=O)[C@H]3[C@@](O)(C(C)=O)[C@H](O)[C@]5(CC)C=CCN6CC[C@]43[C@@H]65)C2)C1. The topological polar surface area (TPSA) is 156 Å². The smallest absolute Gasteiger partial charge is 0.322 e. The number of nitrogens with one attached hydrogen (secondary N) is 1. The molecule has 56 heavy (non-hydrogen) atoms. The highest BCUT2D eigenvalue weighted by molar-refractivity contribution is 5.97. The fourth-order valence-corrected chi connectivity index (χ4v) is 13.0. The standard InChI is InChI=1S/C44H54N4O8/c1-6-40(53)21-27-22-43(39(52)56-5,35-29(13-17-46(23-27)24-40)28-11-8-9-12-32(28)45-35)31-19-30-33(20-34(31)55-4)48(25-49)37-42(30)15-18-47-16-10-14-41(7-2,36(42)47)38(51)44(37,54)26(3)50/h8-12,14,19-20,25,27,36-38,45,51,53-54H,6-7,13,15-18,21-24H2,1-5H3/t27-,36-,37+,38+,40-,41+,42+,43-,44-/m0/s1. The van der Waals surface area contributed by atoms with Crippen LogP contribution in [0.15, 0.2) is 48.6 Å². The number of rotatable bonds is 7. The number of carbonyl (C=O) groups excluding carboxylic acids is 3. The Kier molecular flexibility index (Phi) is 8.52. The van der Waals surface area contributed by atoms with Gasteiger partial charge in [0.15, 0.2) is 11.4 Å². The van der Waals surface area contributed by atoms with Crippen LogP contribution in [0.3, 0.4) is 0 Å². The number of anilines is 1. The molecule has 4 N–H and O–H groups in total. The molecule has 3 fully saturated rings. The van der Waals surface area contributed by atoms with Gasteiger partial charge in [0.2, 0.25) is 6.41 Å². The van der Waals surface area contributed by atoms with E-state index < -0.39 is 51.3 Å². The molecular formula is C44H54N4O8. The number of aromatic amines is 1. The maximum Gasteiger partial charge on any atom is 0.322 e. The fraction of sp³-hybridized carbons (Fsp3) is 0.568. The zero-order chi connectivity index (χ0) is 39.6. The summed E-state index contributed by atoms with van der Waals surface area (Å²) < 4.78 is 12.2. The Labute approximate surface area is 327 Å². The highest BCUT2D eigenvalue weighted by Gasteiger charge is 2.78. The molecule has 2 aromatic carbocycles. The van der Waals surface area contributed by atoms with E-state index in [0.29, 0.717) is 100 Å². The molecule has 6 aliphatic rings. The second kappa shape index (κ2) is 12.7. The van der Waals surface area contributed by atoms with Gasteiger partial charge in [0.25, 0.3) is 0 Å². The van der Waals surface area contributed by atoms with Gasteiger partial charge in [-0.05, 0) is 81.2 Å². The third-order valence-electron chi connectivity index (χ3n) is 15.3. The molecule has 6 heterocycles. The molecule has 12 heteroatoms. The van der Waals surface area contributed by atoms with Crippen molar-refractivity contribution in [3.63, 3.8) is 0 Å². The third-order valence-corrected chi connectivity index (χ3v) is 15.3. The first-order valence-electron chi connectivity index (χ1n) is 20.3. The molecule has 298 valence electrons. The molecule has 10 atom stereocenters. The Hall–Kier alpha value is -4.07. The largest absolute Gasteiger partial charge is 0.496 e. The van der Waals surface area contributed by atoms with Crippen LogP contribution in [0.25, 0.3) is 10.9 Å². The van der Waals surface area contributed by atoms with E-state index in [2.05, 4.69) is 20.9 Å². The number of H-pyrrole nitrogens is 1. The number of esters is 1. The predicted molar refractivity (Wildman–Crippen MR) is 210 cm³/mol. The zero-order valence-corrected chi connectivity index (χ0v) is 33.0. The van der Waals surface area contributed by atoms with Crippen molar-refractivity contribution in [1.82, 2.24) is 14.8 Å². The highest BCUT2D eigenvalue weighted by Crippen LogP contribution is 2.67. The molecule has 1 unspecified atom stereocenters. The van der Waals surface area contributed by atoms with Crippen LogP contribution in [0.1, 0.15) is 75.3 Å². The minimum atomic E-state index is -2.31. The molecule has 3 aromatic rings. The summed E-state index contributed by atoms with van der Waals surface area (Å²) in [6, 6.07) is 10.3. The zero-order valence-electron chi connectivity index (χ0n) is 33.0. The molecule has 1 aromatic heterocycles. The summed E-state index contributed by atoms with van der Waals surface area (Å²) in [4.78, 5) is 52.4. The van der Waals surface area contributed by atoms with Gasteiger partial charge in [0.05, 0.1) is 31.5 Å². The fourth-order valence-electron chi connectivity index (χ4n) is 13.0. The number of methoxy groups -OCH3 is 2. The number of carbonyl (C=O) groups is 3. The van der Waals surface area contributed by atoms with Crippen LogP contribution >= 0.6 is 0 Å². The highest BCUT2D eigenvalue weighted by atomic mass is 16.5. The van der Waals surface area contributed by atoms with Crippen LogP contribution in [0.5, 0.6) is 5.75 Å². The molecule has 1 amide bonds. The first kappa shape index (κ1) is 37.5. The summed E-state index contributed by atoms with van der Waals surface area (Å²) in [5, 5.41) is 38.1. The molecule has 1 saturated carbocycles. The van der Waals surface area contributed by atoms with E-state index in [4.69, 9.17) is 9.47 Å². The van der Waals surface area contributed by atoms with E-state index in [1.54, 1.807) is 13.2 Å². The van der Waals surface area contributed by atoms with Crippen LogP contribution in [0.4, 0.5) is 5.69 Å². The number of fused-ring (bicyclic) bond motifs is 6. The average Bonchev–Trinajstić information content (AvgIpc) is 3.88. The van der Waals surface area contributed by atoms with Crippen LogP contribution in [0, 0.1) is 11.3 Å². The normalized spacial score (nSPS) is 38.4. The lowest BCUT2D eigenvalue weighted by Crippen LogP contribution is -2.80. The first-order valence-corrected chi connectivity index (χ1v) is 20.3. The van der Waals surface area contributed by atoms with E-state index >= 15 is 4.79 Å². The number of aliphatic hydroxyl groups excluding tert-OH is 1. The number of amides is 1. The van der Waals surface area contributed by atoms with Crippen molar-refractivity contribution < 1.29 is 39.2 Å². The maximum atomic E-state index is 15.2. The molecule has 2 saturated heterocycles. The minimum Gasteiger partial charge on any atom is -0.496 e. The predicted octanol–water partition coefficient (Wildman–Crippen LogP) is 3.36. The van der Waals surface area contributed by atoms with Gasteiger partial charge in [0, 0.05) is 71.3 Å². The van der Waals surface area contributed by atoms with Gasteiger partial charge in [0.1, 0.15) is 17.3 Å². The van der Waals surface area contributed by atoms with Gasteiger partial charge in [-0.1, -0.05) is 44.2 Å². The summed E-state index contributed by atoms with van der Waals surface area (Å²) in [6.07, 6.45) is 6.10. The molecule has 0 radical (unpaired) electrons. The molecule has 2 bridgehead atoms. The van der Waals surface area contributed by atoms with Crippen LogP contribution in [0.2, 0.25) is 0 Å². The van der Waals surface area contributed by atoms with Crippen molar-refractivity contribution in [2.45, 2.75) is 99.5 Å². The Morgan fingerprint density at radius 3 is 2.52 bits per heavy atom. The maximum absolute atomic E-state index is 15.2. The number of ether oxygens (including phenoxy) is 2. The average molecular weight is 767 g/mol. The Morgan fingerprint density at radius 2 is 1.82 bits per heavy atom. The van der Waals surface area contributed by atoms with E-state index in [9.17, 15) is 24.9 Å². The van der Waals surface area contributed by atoms with E-state index in [1.165, 1.54) is 18.9 Å². The summed E-state index contributed by atoms with van der Waals surface area (Å²) in [5.74, 6) is -0.852.